The van der Waals surface area contributed by atoms with Gasteiger partial charge in [-0.05, 0) is 34.7 Å². The van der Waals surface area contributed by atoms with E-state index in [1.54, 1.807) is 7.05 Å². The highest BCUT2D eigenvalue weighted by Crippen LogP contribution is 2.13. The summed E-state index contributed by atoms with van der Waals surface area (Å²) in [7, 11) is 1.69. The number of rotatable bonds is 4. The summed E-state index contributed by atoms with van der Waals surface area (Å²) in [6.45, 7) is 0. The highest BCUT2D eigenvalue weighted by molar-refractivity contribution is 7.99. The summed E-state index contributed by atoms with van der Waals surface area (Å²) in [6, 6.07) is 5.58. The molecule has 6 nitrogen and oxygen atoms in total. The SMILES string of the molecule is Cn1nnnc1SCC(=O)Nc1ccc(F)cc1. The lowest BCUT2D eigenvalue weighted by Crippen LogP contribution is -2.14. The molecule has 1 aromatic heterocycles. The highest BCUT2D eigenvalue weighted by Gasteiger charge is 2.07. The number of nitrogens with zero attached hydrogens (tertiary/aromatic N) is 4. The number of nitrogens with one attached hydrogen (secondary N) is 1. The Balaban J connectivity index is 1.86. The molecule has 94 valence electrons. The number of tetrazole rings is 1. The number of carbonyl (C=O) groups is 1. The number of aryl methyl sites for hydroxylation is 1. The van der Waals surface area contributed by atoms with Crippen molar-refractivity contribution in [2.45, 2.75) is 5.16 Å². The quantitative estimate of drug-likeness (QED) is 0.839. The second-order valence-corrected chi connectivity index (χ2v) is 4.37. The van der Waals surface area contributed by atoms with Gasteiger partial charge >= 0.3 is 0 Å². The molecule has 0 saturated carbocycles. The molecule has 0 aliphatic heterocycles. The fourth-order valence-electron chi connectivity index (χ4n) is 1.20. The lowest BCUT2D eigenvalue weighted by atomic mass is 10.3. The van der Waals surface area contributed by atoms with Crippen LogP contribution in [0.4, 0.5) is 10.1 Å². The van der Waals surface area contributed by atoms with E-state index in [1.165, 1.54) is 40.7 Å². The third kappa shape index (κ3) is 3.27. The molecule has 0 fully saturated rings. The minimum absolute atomic E-state index is 0.186. The van der Waals surface area contributed by atoms with Gasteiger partial charge in [-0.15, -0.1) is 5.10 Å². The summed E-state index contributed by atoms with van der Waals surface area (Å²) in [5.41, 5.74) is 0.554. The number of amides is 1. The summed E-state index contributed by atoms with van der Waals surface area (Å²) >= 11 is 1.22. The van der Waals surface area contributed by atoms with Crippen molar-refractivity contribution in [1.29, 1.82) is 0 Å². The van der Waals surface area contributed by atoms with Gasteiger partial charge in [0.15, 0.2) is 0 Å². The third-order valence-corrected chi connectivity index (χ3v) is 3.05. The van der Waals surface area contributed by atoms with Gasteiger partial charge in [-0.3, -0.25) is 4.79 Å². The van der Waals surface area contributed by atoms with E-state index in [1.807, 2.05) is 0 Å². The van der Waals surface area contributed by atoms with Crippen molar-refractivity contribution < 1.29 is 9.18 Å². The van der Waals surface area contributed by atoms with Crippen LogP contribution in [0.5, 0.6) is 0 Å². The molecule has 8 heteroatoms. The predicted octanol–water partition coefficient (Wildman–Crippen LogP) is 1.08. The van der Waals surface area contributed by atoms with E-state index in [0.29, 0.717) is 10.8 Å². The number of aromatic nitrogens is 4. The van der Waals surface area contributed by atoms with Gasteiger partial charge < -0.3 is 5.32 Å². The van der Waals surface area contributed by atoms with Gasteiger partial charge in [0.25, 0.3) is 0 Å². The number of hydrogen-bond donors (Lipinski definition) is 1. The second-order valence-electron chi connectivity index (χ2n) is 3.43. The topological polar surface area (TPSA) is 72.7 Å². The summed E-state index contributed by atoms with van der Waals surface area (Å²) in [5.74, 6) is -0.354. The standard InChI is InChI=1S/C10H10FN5OS/c1-16-10(13-14-15-16)18-6-9(17)12-8-4-2-7(11)3-5-8/h2-5H,6H2,1H3,(H,12,17). The Morgan fingerprint density at radius 3 is 2.78 bits per heavy atom. The Labute approximate surface area is 107 Å². The normalized spacial score (nSPS) is 10.3. The van der Waals surface area contributed by atoms with E-state index in [-0.39, 0.29) is 17.5 Å². The van der Waals surface area contributed by atoms with Crippen LogP contribution in [0.15, 0.2) is 29.4 Å². The molecule has 1 N–H and O–H groups in total. The monoisotopic (exact) mass is 267 g/mol. The van der Waals surface area contributed by atoms with Crippen LogP contribution in [0.3, 0.4) is 0 Å². The number of halogens is 1. The van der Waals surface area contributed by atoms with E-state index in [2.05, 4.69) is 20.8 Å². The Kier molecular flexibility index (Phi) is 3.88. The smallest absolute Gasteiger partial charge is 0.234 e. The van der Waals surface area contributed by atoms with Crippen molar-refractivity contribution in [3.8, 4) is 0 Å². The van der Waals surface area contributed by atoms with Gasteiger partial charge in [0.05, 0.1) is 5.75 Å². The van der Waals surface area contributed by atoms with Crippen LogP contribution in [0.1, 0.15) is 0 Å². The van der Waals surface area contributed by atoms with Gasteiger partial charge in [0.2, 0.25) is 11.1 Å². The van der Waals surface area contributed by atoms with Crippen LogP contribution in [0.25, 0.3) is 0 Å². The number of thioether (sulfide) groups is 1. The maximum Gasteiger partial charge on any atom is 0.234 e. The molecule has 0 atom stereocenters. The second kappa shape index (κ2) is 5.58. The van der Waals surface area contributed by atoms with Gasteiger partial charge in [0.1, 0.15) is 5.82 Å². The number of benzene rings is 1. The highest BCUT2D eigenvalue weighted by atomic mass is 32.2. The summed E-state index contributed by atoms with van der Waals surface area (Å²) < 4.78 is 14.1. The van der Waals surface area contributed by atoms with E-state index >= 15 is 0 Å². The van der Waals surface area contributed by atoms with Crippen molar-refractivity contribution in [3.05, 3.63) is 30.1 Å². The molecule has 0 unspecified atom stereocenters. The zero-order chi connectivity index (χ0) is 13.0. The molecule has 0 radical (unpaired) electrons. The number of anilines is 1. The van der Waals surface area contributed by atoms with E-state index in [0.717, 1.165) is 0 Å². The van der Waals surface area contributed by atoms with E-state index in [4.69, 9.17) is 0 Å². The zero-order valence-corrected chi connectivity index (χ0v) is 10.3. The Hall–Kier alpha value is -1.96. The first-order valence-corrected chi connectivity index (χ1v) is 6.04. The number of carbonyl (C=O) groups excluding carboxylic acids is 1. The molecular weight excluding hydrogens is 257 g/mol. The molecule has 0 aliphatic carbocycles. The van der Waals surface area contributed by atoms with Crippen molar-refractivity contribution in [2.24, 2.45) is 7.05 Å². The fourth-order valence-corrected chi connectivity index (χ4v) is 1.85. The van der Waals surface area contributed by atoms with Gasteiger partial charge in [-0.1, -0.05) is 11.8 Å². The van der Waals surface area contributed by atoms with Crippen molar-refractivity contribution >= 4 is 23.4 Å². The number of hydrogen-bond acceptors (Lipinski definition) is 5. The first-order valence-electron chi connectivity index (χ1n) is 5.06. The Morgan fingerprint density at radius 1 is 1.44 bits per heavy atom. The first-order chi connectivity index (χ1) is 8.65. The predicted molar refractivity (Wildman–Crippen MR) is 64.6 cm³/mol. The van der Waals surface area contributed by atoms with Crippen LogP contribution in [-0.2, 0) is 11.8 Å². The third-order valence-electron chi connectivity index (χ3n) is 2.04. The molecule has 0 bridgehead atoms. The van der Waals surface area contributed by atoms with E-state index < -0.39 is 0 Å². The first kappa shape index (κ1) is 12.5. The van der Waals surface area contributed by atoms with Crippen LogP contribution in [0.2, 0.25) is 0 Å². The average molecular weight is 267 g/mol. The van der Waals surface area contributed by atoms with Crippen LogP contribution in [-0.4, -0.2) is 31.9 Å². The van der Waals surface area contributed by atoms with Crippen molar-refractivity contribution in [3.63, 3.8) is 0 Å². The molecule has 0 spiro atoms. The van der Waals surface area contributed by atoms with Crippen molar-refractivity contribution in [2.75, 3.05) is 11.1 Å². The molecule has 18 heavy (non-hydrogen) atoms. The fraction of sp³-hybridized carbons (Fsp3) is 0.200. The van der Waals surface area contributed by atoms with E-state index in [9.17, 15) is 9.18 Å². The van der Waals surface area contributed by atoms with Crippen LogP contribution < -0.4 is 5.32 Å². The molecular formula is C10H10FN5OS. The van der Waals surface area contributed by atoms with Crippen LogP contribution in [0, 0.1) is 5.82 Å². The van der Waals surface area contributed by atoms with Gasteiger partial charge in [-0.25, -0.2) is 9.07 Å². The summed E-state index contributed by atoms with van der Waals surface area (Å²) in [6.07, 6.45) is 0. The molecule has 0 aliphatic rings. The lowest BCUT2D eigenvalue weighted by molar-refractivity contribution is -0.113. The zero-order valence-electron chi connectivity index (χ0n) is 9.50. The van der Waals surface area contributed by atoms with Crippen molar-refractivity contribution in [1.82, 2.24) is 20.2 Å². The molecule has 1 aromatic carbocycles. The maximum atomic E-state index is 12.7. The maximum absolute atomic E-state index is 12.7. The minimum atomic E-state index is -0.340. The molecule has 0 saturated heterocycles. The van der Waals surface area contributed by atoms with Gasteiger partial charge in [-0.2, -0.15) is 0 Å². The minimum Gasteiger partial charge on any atom is -0.325 e. The molecule has 1 heterocycles. The Bertz CT molecular complexity index is 541. The lowest BCUT2D eigenvalue weighted by Gasteiger charge is -2.04. The van der Waals surface area contributed by atoms with Crippen LogP contribution >= 0.6 is 11.8 Å². The van der Waals surface area contributed by atoms with Gasteiger partial charge in [0, 0.05) is 12.7 Å². The largest absolute Gasteiger partial charge is 0.325 e. The average Bonchev–Trinajstić information content (AvgIpc) is 2.75. The molecule has 2 rings (SSSR count). The summed E-state index contributed by atoms with van der Waals surface area (Å²) in [5, 5.41) is 14.1. The molecule has 1 amide bonds. The Morgan fingerprint density at radius 2 is 2.17 bits per heavy atom. The molecule has 2 aromatic rings. The summed E-state index contributed by atoms with van der Waals surface area (Å²) in [4.78, 5) is 11.6.